The molecule has 2 aliphatic rings. The number of carbonyl (C=O) groups excluding carboxylic acids is 2. The highest BCUT2D eigenvalue weighted by atomic mass is 16.7. The van der Waals surface area contributed by atoms with E-state index in [4.69, 9.17) is 28.4 Å². The fourth-order valence-electron chi connectivity index (χ4n) is 6.87. The first kappa shape index (κ1) is 42.6. The first-order valence-corrected chi connectivity index (χ1v) is 18.9. The molecular formula is C43H64O10. The van der Waals surface area contributed by atoms with Crippen molar-refractivity contribution < 1.29 is 48.2 Å². The second kappa shape index (κ2) is 16.3. The molecule has 0 radical (unpaired) electrons. The summed E-state index contributed by atoms with van der Waals surface area (Å²) in [6, 6.07) is 7.51. The van der Waals surface area contributed by atoms with E-state index in [9.17, 15) is 19.8 Å². The Bertz CT molecular complexity index is 1470. The van der Waals surface area contributed by atoms with E-state index in [0.29, 0.717) is 39.3 Å². The highest BCUT2D eigenvalue weighted by molar-refractivity contribution is 5.70. The molecule has 53 heavy (non-hydrogen) atoms. The van der Waals surface area contributed by atoms with E-state index >= 15 is 0 Å². The van der Waals surface area contributed by atoms with Crippen molar-refractivity contribution in [3.05, 3.63) is 57.6 Å². The van der Waals surface area contributed by atoms with Crippen LogP contribution in [0.25, 0.3) is 0 Å². The third-order valence-electron chi connectivity index (χ3n) is 10.3. The molecule has 2 N–H and O–H groups in total. The van der Waals surface area contributed by atoms with Gasteiger partial charge in [0.1, 0.15) is 24.7 Å². The predicted molar refractivity (Wildman–Crippen MR) is 203 cm³/mol. The topological polar surface area (TPSA) is 130 Å². The summed E-state index contributed by atoms with van der Waals surface area (Å²) < 4.78 is 36.2. The number of rotatable bonds is 12. The Morgan fingerprint density at radius 1 is 0.623 bits per heavy atom. The first-order chi connectivity index (χ1) is 24.4. The minimum atomic E-state index is -0.594. The van der Waals surface area contributed by atoms with Crippen LogP contribution in [0.1, 0.15) is 115 Å². The molecule has 2 fully saturated rings. The Kier molecular flexibility index (Phi) is 13.1. The number of aryl methyl sites for hydroxylation is 4. The van der Waals surface area contributed by atoms with Gasteiger partial charge in [0.05, 0.1) is 31.8 Å². The molecule has 0 aromatic heterocycles. The van der Waals surface area contributed by atoms with E-state index < -0.39 is 28.8 Å². The molecule has 0 atom stereocenters. The van der Waals surface area contributed by atoms with Gasteiger partial charge in [-0.15, -0.1) is 0 Å². The Labute approximate surface area is 316 Å². The van der Waals surface area contributed by atoms with Crippen molar-refractivity contribution in [1.82, 2.24) is 0 Å². The van der Waals surface area contributed by atoms with Crippen LogP contribution in [0.4, 0.5) is 0 Å². The maximum Gasteiger partial charge on any atom is 0.306 e. The van der Waals surface area contributed by atoms with Gasteiger partial charge < -0.3 is 38.6 Å². The van der Waals surface area contributed by atoms with Gasteiger partial charge in [-0.3, -0.25) is 9.59 Å². The molecule has 2 aromatic rings. The standard InChI is InChI=1S/C43H64O10/c1-27-17-29(31(19-33(27)44)39(3,4)5)13-15-35(46)48-21-41(9,10)37-50-23-43(24-51-37)25-52-38(53-26-43)42(11,12)22-49-36(47)16-14-30-18-28(2)34(45)20-32(30)40(6,7)8/h17-20,37-38,44-45H,13-16,21-26H2,1-12H3. The molecule has 0 bridgehead atoms. The maximum atomic E-state index is 12.8. The van der Waals surface area contributed by atoms with Crippen LogP contribution in [0, 0.1) is 30.1 Å². The Hall–Kier alpha value is -3.18. The maximum absolute atomic E-state index is 12.8. The van der Waals surface area contributed by atoms with Crippen LogP contribution in [0.5, 0.6) is 11.5 Å². The number of benzene rings is 2. The molecule has 2 saturated heterocycles. The Morgan fingerprint density at radius 2 is 0.943 bits per heavy atom. The second-order valence-electron chi connectivity index (χ2n) is 18.8. The molecule has 2 aromatic carbocycles. The summed E-state index contributed by atoms with van der Waals surface area (Å²) in [6.45, 7) is 25.8. The zero-order chi connectivity index (χ0) is 39.6. The fourth-order valence-corrected chi connectivity index (χ4v) is 6.87. The minimum absolute atomic E-state index is 0.137. The second-order valence-corrected chi connectivity index (χ2v) is 18.8. The molecule has 0 saturated carbocycles. The average Bonchev–Trinajstić information content (AvgIpc) is 3.06. The summed E-state index contributed by atoms with van der Waals surface area (Å²) in [6.07, 6.45) is 0.333. The third kappa shape index (κ3) is 11.0. The van der Waals surface area contributed by atoms with Crippen molar-refractivity contribution in [3.63, 3.8) is 0 Å². The van der Waals surface area contributed by atoms with Crippen LogP contribution in [0.2, 0.25) is 0 Å². The molecule has 2 aliphatic heterocycles. The number of aromatic hydroxyl groups is 2. The molecule has 0 aliphatic carbocycles. The summed E-state index contributed by atoms with van der Waals surface area (Å²) in [7, 11) is 0. The smallest absolute Gasteiger partial charge is 0.306 e. The largest absolute Gasteiger partial charge is 0.508 e. The zero-order valence-corrected chi connectivity index (χ0v) is 34.2. The Balaban J connectivity index is 1.20. The van der Waals surface area contributed by atoms with Crippen LogP contribution < -0.4 is 0 Å². The number of hydrogen-bond acceptors (Lipinski definition) is 10. The van der Waals surface area contributed by atoms with Crippen molar-refractivity contribution in [2.75, 3.05) is 39.6 Å². The lowest BCUT2D eigenvalue weighted by Crippen LogP contribution is -2.57. The van der Waals surface area contributed by atoms with Crippen LogP contribution in [0.15, 0.2) is 24.3 Å². The molecule has 0 amide bonds. The fraction of sp³-hybridized carbons (Fsp3) is 0.674. The van der Waals surface area contributed by atoms with Gasteiger partial charge in [0.15, 0.2) is 12.6 Å². The average molecular weight is 741 g/mol. The lowest BCUT2D eigenvalue weighted by atomic mass is 9.81. The van der Waals surface area contributed by atoms with Crippen LogP contribution in [0.3, 0.4) is 0 Å². The lowest BCUT2D eigenvalue weighted by Gasteiger charge is -2.48. The van der Waals surface area contributed by atoms with Gasteiger partial charge in [-0.25, -0.2) is 0 Å². The van der Waals surface area contributed by atoms with Crippen molar-refractivity contribution in [1.29, 1.82) is 0 Å². The van der Waals surface area contributed by atoms with Gasteiger partial charge in [-0.05, 0) is 83.0 Å². The SMILES string of the molecule is Cc1cc(CCC(=O)OCC(C)(C)C2OCC3(CO2)COC(C(C)(C)COC(=O)CCc2cc(C)c(O)cc2C(C)(C)C)OC3)c(C(C)(C)C)cc1O. The molecule has 4 rings (SSSR count). The monoisotopic (exact) mass is 740 g/mol. The van der Waals surface area contributed by atoms with Crippen molar-refractivity contribution in [3.8, 4) is 11.5 Å². The quantitative estimate of drug-likeness (QED) is 0.209. The minimum Gasteiger partial charge on any atom is -0.508 e. The highest BCUT2D eigenvalue weighted by Crippen LogP contribution is 2.39. The summed E-state index contributed by atoms with van der Waals surface area (Å²) >= 11 is 0. The van der Waals surface area contributed by atoms with E-state index in [1.54, 1.807) is 12.1 Å². The molecule has 2 heterocycles. The number of hydrogen-bond donors (Lipinski definition) is 2. The van der Waals surface area contributed by atoms with Gasteiger partial charge in [0.25, 0.3) is 0 Å². The van der Waals surface area contributed by atoms with Gasteiger partial charge in [0.2, 0.25) is 0 Å². The number of ether oxygens (including phenoxy) is 6. The van der Waals surface area contributed by atoms with E-state index in [1.165, 1.54) is 0 Å². The highest BCUT2D eigenvalue weighted by Gasteiger charge is 2.48. The molecule has 10 nitrogen and oxygen atoms in total. The van der Waals surface area contributed by atoms with Gasteiger partial charge in [-0.2, -0.15) is 0 Å². The molecular weight excluding hydrogens is 676 g/mol. The summed E-state index contributed by atoms with van der Waals surface area (Å²) in [5.41, 5.74) is 3.65. The normalized spacial score (nSPS) is 21.4. The lowest BCUT2D eigenvalue weighted by molar-refractivity contribution is -0.337. The third-order valence-corrected chi connectivity index (χ3v) is 10.3. The Morgan fingerprint density at radius 3 is 1.25 bits per heavy atom. The van der Waals surface area contributed by atoms with Crippen LogP contribution in [-0.2, 0) is 61.7 Å². The number of phenols is 2. The van der Waals surface area contributed by atoms with E-state index in [-0.39, 0.29) is 60.3 Å². The van der Waals surface area contributed by atoms with E-state index in [1.807, 2.05) is 53.7 Å². The van der Waals surface area contributed by atoms with E-state index in [2.05, 4.69) is 41.5 Å². The number of esters is 2. The molecule has 1 spiro atoms. The zero-order valence-electron chi connectivity index (χ0n) is 34.2. The van der Waals surface area contributed by atoms with Crippen LogP contribution in [-0.4, -0.2) is 74.4 Å². The first-order valence-electron chi connectivity index (χ1n) is 18.9. The van der Waals surface area contributed by atoms with Crippen molar-refractivity contribution in [2.45, 2.75) is 132 Å². The number of phenolic OH excluding ortho intramolecular Hbond substituents is 2. The predicted octanol–water partition coefficient (Wildman–Crippen LogP) is 7.75. The van der Waals surface area contributed by atoms with Gasteiger partial charge >= 0.3 is 11.9 Å². The van der Waals surface area contributed by atoms with Crippen molar-refractivity contribution >= 4 is 11.9 Å². The van der Waals surface area contributed by atoms with E-state index in [0.717, 1.165) is 33.4 Å². The van der Waals surface area contributed by atoms with Crippen LogP contribution >= 0.6 is 0 Å². The van der Waals surface area contributed by atoms with Gasteiger partial charge in [-0.1, -0.05) is 81.4 Å². The number of carbonyl (C=O) groups is 2. The molecule has 10 heteroatoms. The summed E-state index contributed by atoms with van der Waals surface area (Å²) in [4.78, 5) is 25.7. The van der Waals surface area contributed by atoms with Crippen molar-refractivity contribution in [2.24, 2.45) is 16.2 Å². The summed E-state index contributed by atoms with van der Waals surface area (Å²) in [5, 5.41) is 20.5. The molecule has 296 valence electrons. The summed E-state index contributed by atoms with van der Waals surface area (Å²) in [5.74, 6) is -0.0814. The molecule has 0 unspecified atom stereocenters. The van der Waals surface area contributed by atoms with Gasteiger partial charge in [0, 0.05) is 23.7 Å².